The van der Waals surface area contributed by atoms with Crippen LogP contribution in [0.4, 0.5) is 0 Å². The van der Waals surface area contributed by atoms with Gasteiger partial charge in [-0.1, -0.05) is 23.7 Å². The second-order valence-electron chi connectivity index (χ2n) is 4.42. The maximum Gasteiger partial charge on any atom is 0.335 e. The van der Waals surface area contributed by atoms with Crippen molar-refractivity contribution >= 4 is 17.6 Å². The van der Waals surface area contributed by atoms with Crippen molar-refractivity contribution in [3.05, 3.63) is 65.3 Å². The maximum atomic E-state index is 10.8. The average molecular weight is 300 g/mol. The number of aromatic carboxylic acids is 1. The predicted molar refractivity (Wildman–Crippen MR) is 79.3 cm³/mol. The maximum absolute atomic E-state index is 10.8. The van der Waals surface area contributed by atoms with E-state index >= 15 is 0 Å². The molecule has 0 bridgehead atoms. The van der Waals surface area contributed by atoms with Gasteiger partial charge in [0, 0.05) is 16.1 Å². The summed E-state index contributed by atoms with van der Waals surface area (Å²) in [5.41, 5.74) is 1.83. The molecule has 0 atom stereocenters. The number of benzene rings is 2. The normalized spacial score (nSPS) is 10.5. The Kier molecular flexibility index (Phi) is 3.46. The Hall–Kier alpha value is -2.59. The van der Waals surface area contributed by atoms with Crippen molar-refractivity contribution in [3.63, 3.8) is 0 Å². The standard InChI is InChI=1S/C16H10ClNO3/c17-13-7-5-11(6-8-13)15-18-9-14(21-15)10-1-3-12(4-2-10)16(19)20/h1-9H,(H,19,20). The van der Waals surface area contributed by atoms with Gasteiger partial charge in [-0.25, -0.2) is 9.78 Å². The van der Waals surface area contributed by atoms with Crippen LogP contribution in [0.25, 0.3) is 22.8 Å². The van der Waals surface area contributed by atoms with Gasteiger partial charge in [-0.3, -0.25) is 0 Å². The second kappa shape index (κ2) is 5.42. The molecule has 4 nitrogen and oxygen atoms in total. The molecule has 0 aliphatic rings. The summed E-state index contributed by atoms with van der Waals surface area (Å²) in [6.45, 7) is 0. The van der Waals surface area contributed by atoms with Crippen LogP contribution in [0.5, 0.6) is 0 Å². The number of hydrogen-bond acceptors (Lipinski definition) is 3. The van der Waals surface area contributed by atoms with Crippen molar-refractivity contribution in [2.75, 3.05) is 0 Å². The van der Waals surface area contributed by atoms with E-state index < -0.39 is 5.97 Å². The molecule has 2 aromatic carbocycles. The number of halogens is 1. The molecule has 104 valence electrons. The zero-order valence-corrected chi connectivity index (χ0v) is 11.5. The highest BCUT2D eigenvalue weighted by Crippen LogP contribution is 2.27. The van der Waals surface area contributed by atoms with Crippen molar-refractivity contribution in [1.29, 1.82) is 0 Å². The second-order valence-corrected chi connectivity index (χ2v) is 4.86. The van der Waals surface area contributed by atoms with Crippen LogP contribution >= 0.6 is 11.6 Å². The Labute approximate surface area is 125 Å². The lowest BCUT2D eigenvalue weighted by Gasteiger charge is -1.98. The molecule has 0 saturated heterocycles. The number of rotatable bonds is 3. The van der Waals surface area contributed by atoms with Gasteiger partial charge in [-0.15, -0.1) is 0 Å². The molecule has 0 aliphatic heterocycles. The minimum absolute atomic E-state index is 0.233. The first-order valence-electron chi connectivity index (χ1n) is 6.19. The van der Waals surface area contributed by atoms with Crippen LogP contribution in [0.3, 0.4) is 0 Å². The topological polar surface area (TPSA) is 63.3 Å². The van der Waals surface area contributed by atoms with Gasteiger partial charge in [0.25, 0.3) is 0 Å². The summed E-state index contributed by atoms with van der Waals surface area (Å²) in [7, 11) is 0. The van der Waals surface area contributed by atoms with Crippen LogP contribution in [0, 0.1) is 0 Å². The Morgan fingerprint density at radius 1 is 1.00 bits per heavy atom. The van der Waals surface area contributed by atoms with Gasteiger partial charge in [-0.2, -0.15) is 0 Å². The molecule has 5 heteroatoms. The van der Waals surface area contributed by atoms with Crippen LogP contribution in [-0.2, 0) is 0 Å². The van der Waals surface area contributed by atoms with E-state index in [1.807, 2.05) is 12.1 Å². The fraction of sp³-hybridized carbons (Fsp3) is 0. The molecule has 0 aliphatic carbocycles. The molecule has 0 spiro atoms. The van der Waals surface area contributed by atoms with E-state index in [1.165, 1.54) is 12.1 Å². The Balaban J connectivity index is 1.90. The lowest BCUT2D eigenvalue weighted by Crippen LogP contribution is -1.94. The minimum Gasteiger partial charge on any atom is -0.478 e. The lowest BCUT2D eigenvalue weighted by atomic mass is 10.1. The first-order valence-corrected chi connectivity index (χ1v) is 6.57. The molecule has 3 rings (SSSR count). The molecule has 0 fully saturated rings. The van der Waals surface area contributed by atoms with Crippen LogP contribution < -0.4 is 0 Å². The highest BCUT2D eigenvalue weighted by atomic mass is 35.5. The summed E-state index contributed by atoms with van der Waals surface area (Å²) in [6.07, 6.45) is 1.61. The molecule has 0 saturated carbocycles. The van der Waals surface area contributed by atoms with Crippen molar-refractivity contribution in [2.45, 2.75) is 0 Å². The Morgan fingerprint density at radius 3 is 2.24 bits per heavy atom. The largest absolute Gasteiger partial charge is 0.478 e. The number of nitrogens with zero attached hydrogens (tertiary/aromatic N) is 1. The molecule has 21 heavy (non-hydrogen) atoms. The Morgan fingerprint density at radius 2 is 1.62 bits per heavy atom. The van der Waals surface area contributed by atoms with Gasteiger partial charge in [0.2, 0.25) is 5.89 Å². The van der Waals surface area contributed by atoms with Crippen LogP contribution in [0.2, 0.25) is 5.02 Å². The van der Waals surface area contributed by atoms with E-state index in [0.29, 0.717) is 16.7 Å². The number of oxazole rings is 1. The average Bonchev–Trinajstić information content (AvgIpc) is 2.98. The Bertz CT molecular complexity index is 776. The first-order chi connectivity index (χ1) is 10.1. The molecule has 1 heterocycles. The van der Waals surface area contributed by atoms with E-state index in [1.54, 1.807) is 30.5 Å². The zero-order valence-electron chi connectivity index (χ0n) is 10.8. The molecular weight excluding hydrogens is 290 g/mol. The molecule has 1 N–H and O–H groups in total. The highest BCUT2D eigenvalue weighted by Gasteiger charge is 2.09. The van der Waals surface area contributed by atoms with Gasteiger partial charge >= 0.3 is 5.97 Å². The summed E-state index contributed by atoms with van der Waals surface area (Å²) in [5.74, 6) is 0.113. The molecule has 0 amide bonds. The van der Waals surface area contributed by atoms with Crippen molar-refractivity contribution in [1.82, 2.24) is 4.98 Å². The molecule has 1 aromatic heterocycles. The van der Waals surface area contributed by atoms with Crippen LogP contribution in [-0.4, -0.2) is 16.1 Å². The van der Waals surface area contributed by atoms with Gasteiger partial charge in [0.05, 0.1) is 11.8 Å². The molecular formula is C16H10ClNO3. The van der Waals surface area contributed by atoms with E-state index in [9.17, 15) is 4.79 Å². The summed E-state index contributed by atoms with van der Waals surface area (Å²) in [6, 6.07) is 13.6. The third-order valence-electron chi connectivity index (χ3n) is 3.01. The predicted octanol–water partition coefficient (Wildman–Crippen LogP) is 4.36. The third-order valence-corrected chi connectivity index (χ3v) is 3.27. The fourth-order valence-electron chi connectivity index (χ4n) is 1.91. The van der Waals surface area contributed by atoms with Crippen molar-refractivity contribution in [3.8, 4) is 22.8 Å². The minimum atomic E-state index is -0.957. The lowest BCUT2D eigenvalue weighted by molar-refractivity contribution is 0.0697. The van der Waals surface area contributed by atoms with Gasteiger partial charge in [0.1, 0.15) is 0 Å². The van der Waals surface area contributed by atoms with Gasteiger partial charge < -0.3 is 9.52 Å². The third kappa shape index (κ3) is 2.80. The highest BCUT2D eigenvalue weighted by molar-refractivity contribution is 6.30. The van der Waals surface area contributed by atoms with Gasteiger partial charge in [0.15, 0.2) is 5.76 Å². The first kappa shape index (κ1) is 13.4. The SMILES string of the molecule is O=C(O)c1ccc(-c2cnc(-c3ccc(Cl)cc3)o2)cc1. The monoisotopic (exact) mass is 299 g/mol. The van der Waals surface area contributed by atoms with E-state index in [2.05, 4.69) is 4.98 Å². The summed E-state index contributed by atoms with van der Waals surface area (Å²) in [5, 5.41) is 9.52. The molecule has 3 aromatic rings. The summed E-state index contributed by atoms with van der Waals surface area (Å²) >= 11 is 5.84. The van der Waals surface area contributed by atoms with E-state index in [4.69, 9.17) is 21.1 Å². The zero-order chi connectivity index (χ0) is 14.8. The quantitative estimate of drug-likeness (QED) is 0.780. The van der Waals surface area contributed by atoms with E-state index in [-0.39, 0.29) is 5.56 Å². The van der Waals surface area contributed by atoms with Crippen LogP contribution in [0.1, 0.15) is 10.4 Å². The number of hydrogen-bond donors (Lipinski definition) is 1. The van der Waals surface area contributed by atoms with Crippen molar-refractivity contribution < 1.29 is 14.3 Å². The summed E-state index contributed by atoms with van der Waals surface area (Å²) in [4.78, 5) is 15.0. The molecule has 0 radical (unpaired) electrons. The smallest absolute Gasteiger partial charge is 0.335 e. The molecule has 0 unspecified atom stereocenters. The summed E-state index contributed by atoms with van der Waals surface area (Å²) < 4.78 is 5.69. The van der Waals surface area contributed by atoms with E-state index in [0.717, 1.165) is 11.1 Å². The number of carbonyl (C=O) groups is 1. The van der Waals surface area contributed by atoms with Crippen molar-refractivity contribution in [2.24, 2.45) is 0 Å². The fourth-order valence-corrected chi connectivity index (χ4v) is 2.04. The number of carboxylic acid groups (broad SMARTS) is 1. The number of aromatic nitrogens is 1. The van der Waals surface area contributed by atoms with Crippen LogP contribution in [0.15, 0.2) is 59.1 Å². The number of carboxylic acids is 1. The van der Waals surface area contributed by atoms with Gasteiger partial charge in [-0.05, 0) is 36.4 Å².